The van der Waals surface area contributed by atoms with Crippen LogP contribution in [-0.4, -0.2) is 24.7 Å². The van der Waals surface area contributed by atoms with Crippen molar-refractivity contribution in [2.24, 2.45) is 0 Å². The Balaban J connectivity index is -0.0000000651. The first-order valence-electron chi connectivity index (χ1n) is 3.10. The maximum absolute atomic E-state index is 9.68. The van der Waals surface area contributed by atoms with Gasteiger partial charge in [-0.2, -0.15) is 0 Å². The van der Waals surface area contributed by atoms with Gasteiger partial charge in [0.15, 0.2) is 0 Å². The van der Waals surface area contributed by atoms with E-state index in [9.17, 15) is 13.0 Å². The van der Waals surface area contributed by atoms with Crippen molar-refractivity contribution in [3.05, 3.63) is 12.7 Å². The molecule has 0 N–H and O–H groups in total. The molecule has 14 heavy (non-hydrogen) atoms. The number of hydrogen-bond acceptors (Lipinski definition) is 5. The summed E-state index contributed by atoms with van der Waals surface area (Å²) in [6, 6.07) is 0. The van der Waals surface area contributed by atoms with Crippen LogP contribution < -0.4 is 64.2 Å². The van der Waals surface area contributed by atoms with E-state index < -0.39 is 16.1 Å². The molecular formula is C6H10Na2O5S. The number of rotatable bonds is 3. The molecule has 0 aliphatic rings. The van der Waals surface area contributed by atoms with Gasteiger partial charge in [-0.1, -0.05) is 13.5 Å². The molecule has 0 saturated carbocycles. The molecule has 0 heterocycles. The van der Waals surface area contributed by atoms with Crippen LogP contribution >= 0.6 is 0 Å². The Morgan fingerprint density at radius 2 is 1.71 bits per heavy atom. The Morgan fingerprint density at radius 1 is 1.43 bits per heavy atom. The van der Waals surface area contributed by atoms with Gasteiger partial charge in [-0.05, 0) is 12.5 Å². The van der Waals surface area contributed by atoms with Crippen LogP contribution in [0, 0.1) is 0 Å². The fraction of sp³-hybridized carbons (Fsp3) is 0.500. The fourth-order valence-corrected chi connectivity index (χ4v) is 0.750. The molecular weight excluding hydrogens is 230 g/mol. The third-order valence-electron chi connectivity index (χ3n) is 0.621. The zero-order chi connectivity index (χ0) is 10.2. The van der Waals surface area contributed by atoms with Crippen molar-refractivity contribution in [3.63, 3.8) is 0 Å². The largest absolute Gasteiger partial charge is 1.00 e. The third kappa shape index (κ3) is 38.0. The van der Waals surface area contributed by atoms with E-state index in [1.165, 1.54) is 0 Å². The summed E-state index contributed by atoms with van der Waals surface area (Å²) >= 11 is 0. The number of carbonyl (C=O) groups is 1. The van der Waals surface area contributed by atoms with Crippen molar-refractivity contribution < 1.29 is 82.0 Å². The van der Waals surface area contributed by atoms with Crippen LogP contribution in [0.4, 0.5) is 0 Å². The van der Waals surface area contributed by atoms with E-state index in [0.717, 1.165) is 6.08 Å². The Kier molecular flexibility index (Phi) is 24.6. The first-order chi connectivity index (χ1) is 5.33. The monoisotopic (exact) mass is 240 g/mol. The van der Waals surface area contributed by atoms with E-state index in [1.807, 2.05) is 0 Å². The second kappa shape index (κ2) is 14.1. The smallest absolute Gasteiger partial charge is 0.748 e. The van der Waals surface area contributed by atoms with Crippen LogP contribution in [0.5, 0.6) is 0 Å². The second-order valence-electron chi connectivity index (χ2n) is 1.78. The molecule has 0 aromatic carbocycles. The zero-order valence-corrected chi connectivity index (χ0v) is 13.5. The molecule has 0 aromatic rings. The van der Waals surface area contributed by atoms with Crippen LogP contribution in [-0.2, 0) is 14.9 Å². The summed E-state index contributed by atoms with van der Waals surface area (Å²) in [5.74, 6) is -1.47. The minimum atomic E-state index is -3.92. The van der Waals surface area contributed by atoms with Gasteiger partial charge in [-0.3, -0.25) is 0 Å². The summed E-state index contributed by atoms with van der Waals surface area (Å²) in [4.78, 5) is 9.14. The Morgan fingerprint density at radius 3 is 1.71 bits per heavy atom. The fourth-order valence-electron chi connectivity index (χ4n) is 0.250. The zero-order valence-electron chi connectivity index (χ0n) is 8.65. The van der Waals surface area contributed by atoms with Gasteiger partial charge in [0.25, 0.3) is 0 Å². The van der Waals surface area contributed by atoms with Crippen molar-refractivity contribution in [3.8, 4) is 0 Å². The Labute approximate surface area is 128 Å². The van der Waals surface area contributed by atoms with Crippen LogP contribution in [0.25, 0.3) is 0 Å². The summed E-state index contributed by atoms with van der Waals surface area (Å²) in [6.45, 7) is 4.55. The van der Waals surface area contributed by atoms with E-state index in [0.29, 0.717) is 6.42 Å². The summed E-state index contributed by atoms with van der Waals surface area (Å²) in [7, 11) is -3.92. The van der Waals surface area contributed by atoms with Crippen LogP contribution in [0.1, 0.15) is 13.3 Å². The van der Waals surface area contributed by atoms with Gasteiger partial charge in [0.2, 0.25) is 0 Å². The topological polar surface area (TPSA) is 97.3 Å². The molecule has 0 amide bonds. The molecule has 0 rings (SSSR count). The van der Waals surface area contributed by atoms with Crippen molar-refractivity contribution in [1.82, 2.24) is 0 Å². The SMILES string of the molecule is C=CC(=O)[O-].CCCS(=O)(=O)[O-].[Na+].[Na+]. The predicted octanol–water partition coefficient (Wildman–Crippen LogP) is -7.13. The van der Waals surface area contributed by atoms with Gasteiger partial charge in [0.1, 0.15) is 0 Å². The summed E-state index contributed by atoms with van der Waals surface area (Å²) in [6.07, 6.45) is 1.13. The number of aliphatic carboxylic acids is 1. The Hall–Kier alpha value is 1.12. The molecule has 0 radical (unpaired) electrons. The number of carboxylic acids is 1. The van der Waals surface area contributed by atoms with Crippen molar-refractivity contribution in [2.75, 3.05) is 5.75 Å². The molecule has 8 heteroatoms. The average Bonchev–Trinajstić information content (AvgIpc) is 1.86. The molecule has 5 nitrogen and oxygen atoms in total. The number of carbonyl (C=O) groups excluding carboxylic acids is 1. The van der Waals surface area contributed by atoms with Gasteiger partial charge in [-0.15, -0.1) is 0 Å². The molecule has 0 fully saturated rings. The number of carboxylic acid groups (broad SMARTS) is 1. The quantitative estimate of drug-likeness (QED) is 0.277. The van der Waals surface area contributed by atoms with E-state index in [1.54, 1.807) is 6.92 Å². The molecule has 0 aliphatic carbocycles. The van der Waals surface area contributed by atoms with E-state index in [4.69, 9.17) is 9.90 Å². The molecule has 0 saturated heterocycles. The van der Waals surface area contributed by atoms with Gasteiger partial charge < -0.3 is 14.5 Å². The van der Waals surface area contributed by atoms with Gasteiger partial charge >= 0.3 is 59.1 Å². The molecule has 0 spiro atoms. The average molecular weight is 240 g/mol. The Bertz CT molecular complexity index is 237. The molecule has 0 bridgehead atoms. The summed E-state index contributed by atoms with van der Waals surface area (Å²) in [5, 5.41) is 9.14. The van der Waals surface area contributed by atoms with Crippen LogP contribution in [0.3, 0.4) is 0 Å². The molecule has 0 aromatic heterocycles. The maximum atomic E-state index is 9.68. The van der Waals surface area contributed by atoms with E-state index in [-0.39, 0.29) is 64.9 Å². The van der Waals surface area contributed by atoms with Crippen molar-refractivity contribution in [2.45, 2.75) is 13.3 Å². The number of hydrogen-bond donors (Lipinski definition) is 0. The third-order valence-corrected chi connectivity index (χ3v) is 1.53. The van der Waals surface area contributed by atoms with Gasteiger partial charge in [-0.25, -0.2) is 8.42 Å². The predicted molar refractivity (Wildman–Crippen MR) is 40.1 cm³/mol. The van der Waals surface area contributed by atoms with E-state index in [2.05, 4.69) is 6.58 Å². The van der Waals surface area contributed by atoms with Gasteiger partial charge in [0.05, 0.1) is 16.1 Å². The first-order valence-corrected chi connectivity index (χ1v) is 4.68. The summed E-state index contributed by atoms with van der Waals surface area (Å²) in [5.41, 5.74) is 0. The minimum absolute atomic E-state index is 0. The van der Waals surface area contributed by atoms with Crippen LogP contribution in [0.15, 0.2) is 12.7 Å². The normalized spacial score (nSPS) is 8.14. The van der Waals surface area contributed by atoms with E-state index >= 15 is 0 Å². The first kappa shape index (κ1) is 24.4. The van der Waals surface area contributed by atoms with Gasteiger partial charge in [0, 0.05) is 5.75 Å². The minimum Gasteiger partial charge on any atom is -0.748 e. The van der Waals surface area contributed by atoms with Crippen LogP contribution in [0.2, 0.25) is 0 Å². The molecule has 0 unspecified atom stereocenters. The summed E-state index contributed by atoms with van der Waals surface area (Å²) < 4.78 is 29.0. The molecule has 72 valence electrons. The van der Waals surface area contributed by atoms with Crippen molar-refractivity contribution >= 4 is 16.1 Å². The molecule has 0 aliphatic heterocycles. The van der Waals surface area contributed by atoms with Crippen molar-refractivity contribution in [1.29, 1.82) is 0 Å². The standard InChI is InChI=1S/C3H8O3S.C3H4O2.2Na/c1-2-3-7(4,5)6;1-2-3(4)5;;/h2-3H2,1H3,(H,4,5,6);2H,1H2,(H,4,5);;/q;;2*+1/p-2. The maximum Gasteiger partial charge on any atom is 1.00 e. The second-order valence-corrected chi connectivity index (χ2v) is 3.31. The molecule has 0 atom stereocenters.